The molecule has 1 aliphatic rings. The predicted molar refractivity (Wildman–Crippen MR) is 159 cm³/mol. The van der Waals surface area contributed by atoms with E-state index in [1.807, 2.05) is 52.2 Å². The Labute approximate surface area is 246 Å². The summed E-state index contributed by atoms with van der Waals surface area (Å²) in [5, 5.41) is 6.79. The van der Waals surface area contributed by atoms with Crippen molar-refractivity contribution in [3.8, 4) is 0 Å². The Morgan fingerprint density at radius 2 is 1.89 bits per heavy atom. The largest absolute Gasteiger partial charge is 0.329 e. The zero-order chi connectivity index (χ0) is 26.0. The molecule has 0 saturated heterocycles. The number of carbonyl (C=O) groups is 2. The molecule has 1 amide bonds. The number of carbonyl (C=O) groups excluding carboxylic acids is 2. The van der Waals surface area contributed by atoms with Crippen LogP contribution < -0.4 is 10.6 Å². The van der Waals surface area contributed by atoms with Crippen molar-refractivity contribution in [2.45, 2.75) is 97.7 Å². The van der Waals surface area contributed by atoms with Crippen molar-refractivity contribution in [2.24, 2.45) is 5.41 Å². The molecule has 2 N–H and O–H groups in total. The Hall–Kier alpha value is -1.29. The van der Waals surface area contributed by atoms with E-state index in [1.54, 1.807) is 12.5 Å². The van der Waals surface area contributed by atoms with Crippen LogP contribution in [-0.2, 0) is 28.0 Å². The smallest absolute Gasteiger partial charge is 0.242 e. The summed E-state index contributed by atoms with van der Waals surface area (Å²) in [6.45, 7) is 11.8. The quantitative estimate of drug-likeness (QED) is 0.308. The number of anilines is 1. The number of imidazole rings is 1. The Bertz CT molecular complexity index is 1080. The summed E-state index contributed by atoms with van der Waals surface area (Å²) in [6, 6.07) is 2.77. The zero-order valence-electron chi connectivity index (χ0n) is 22.5. The Morgan fingerprint density at radius 1 is 1.22 bits per heavy atom. The molecule has 2 atom stereocenters. The van der Waals surface area contributed by atoms with Gasteiger partial charge in [0, 0.05) is 34.6 Å². The molecule has 0 saturated carbocycles. The number of Topliss-reactive ketones (excluding diaryl/α,β-unsaturated/α-hetero) is 1. The first-order valence-electron chi connectivity index (χ1n) is 12.4. The molecule has 1 aliphatic carbocycles. The lowest BCUT2D eigenvalue weighted by Crippen LogP contribution is -2.48. The van der Waals surface area contributed by atoms with Gasteiger partial charge in [0.25, 0.3) is 0 Å². The highest BCUT2D eigenvalue weighted by Gasteiger charge is 2.31. The van der Waals surface area contributed by atoms with Crippen molar-refractivity contribution in [1.29, 1.82) is 0 Å². The molecule has 1 heterocycles. The molecule has 0 bridgehead atoms. The van der Waals surface area contributed by atoms with E-state index >= 15 is 0 Å². The van der Waals surface area contributed by atoms with Gasteiger partial charge in [-0.05, 0) is 62.8 Å². The van der Waals surface area contributed by atoms with Gasteiger partial charge in [0.05, 0.1) is 12.4 Å². The summed E-state index contributed by atoms with van der Waals surface area (Å²) >= 11 is 6.00. The molecule has 3 rings (SSSR count). The first-order chi connectivity index (χ1) is 16.3. The summed E-state index contributed by atoms with van der Waals surface area (Å²) in [7, 11) is 0. The van der Waals surface area contributed by atoms with Crippen LogP contribution in [0.3, 0.4) is 0 Å². The minimum Gasteiger partial charge on any atom is -0.329 e. The lowest BCUT2D eigenvalue weighted by atomic mass is 9.83. The molecule has 1 aromatic carbocycles. The van der Waals surface area contributed by atoms with E-state index in [2.05, 4.69) is 15.6 Å². The molecule has 0 unspecified atom stereocenters. The van der Waals surface area contributed by atoms with E-state index in [4.69, 9.17) is 11.6 Å². The molecule has 0 aliphatic heterocycles. The van der Waals surface area contributed by atoms with Crippen molar-refractivity contribution in [3.05, 3.63) is 46.6 Å². The van der Waals surface area contributed by atoms with Gasteiger partial charge in [0.15, 0.2) is 5.82 Å². The van der Waals surface area contributed by atoms with Gasteiger partial charge in [0.1, 0.15) is 11.6 Å². The lowest BCUT2D eigenvalue weighted by molar-refractivity contribution is -0.128. The number of hydrogen-bond donors (Lipinski definition) is 2. The van der Waals surface area contributed by atoms with Crippen LogP contribution in [0.4, 0.5) is 10.2 Å². The van der Waals surface area contributed by atoms with Crippen LogP contribution in [0.25, 0.3) is 0 Å². The average Bonchev–Trinajstić information content (AvgIpc) is 3.22. The van der Waals surface area contributed by atoms with Crippen LogP contribution in [0, 0.1) is 11.2 Å². The highest BCUT2D eigenvalue weighted by molar-refractivity contribution is 8.93. The number of rotatable bonds is 9. The van der Waals surface area contributed by atoms with E-state index < -0.39 is 17.0 Å². The molecule has 208 valence electrons. The molecular formula is C27H40Br2ClFN4O2. The third kappa shape index (κ3) is 8.87. The van der Waals surface area contributed by atoms with Gasteiger partial charge in [-0.1, -0.05) is 45.7 Å². The lowest BCUT2D eigenvalue weighted by Gasteiger charge is -2.30. The molecule has 10 heteroatoms. The number of ketones is 1. The molecule has 37 heavy (non-hydrogen) atoms. The predicted octanol–water partition coefficient (Wildman–Crippen LogP) is 6.83. The first-order valence-corrected chi connectivity index (χ1v) is 12.8. The van der Waals surface area contributed by atoms with Gasteiger partial charge in [-0.3, -0.25) is 9.59 Å². The summed E-state index contributed by atoms with van der Waals surface area (Å²) < 4.78 is 16.3. The SMILES string of the molecule is Br.Br.CCC[C@H](N[C@H]1CCc2cc(Cl)cc(F)c2C1)C(=O)Nc1cn(C(C)(C)CC(=O)C(C)(C)C)cn1. The summed E-state index contributed by atoms with van der Waals surface area (Å²) in [4.78, 5) is 30.1. The number of nitrogens with one attached hydrogen (secondary N) is 2. The minimum atomic E-state index is -0.468. The first kappa shape index (κ1) is 33.7. The normalized spacial score (nSPS) is 16.2. The fourth-order valence-electron chi connectivity index (χ4n) is 4.47. The Balaban J connectivity index is 0.00000342. The molecule has 0 fully saturated rings. The molecule has 2 aromatic rings. The van der Waals surface area contributed by atoms with Gasteiger partial charge in [-0.15, -0.1) is 34.0 Å². The Morgan fingerprint density at radius 3 is 2.51 bits per heavy atom. The van der Waals surface area contributed by atoms with Gasteiger partial charge >= 0.3 is 0 Å². The maximum absolute atomic E-state index is 14.5. The second-order valence-electron chi connectivity index (χ2n) is 11.3. The van der Waals surface area contributed by atoms with Crippen molar-refractivity contribution in [3.63, 3.8) is 0 Å². The van der Waals surface area contributed by atoms with E-state index in [0.29, 0.717) is 35.7 Å². The van der Waals surface area contributed by atoms with Crippen LogP contribution >= 0.6 is 45.6 Å². The van der Waals surface area contributed by atoms with Crippen LogP contribution in [0.5, 0.6) is 0 Å². The maximum atomic E-state index is 14.5. The second-order valence-corrected chi connectivity index (χ2v) is 11.7. The van der Waals surface area contributed by atoms with Crippen molar-refractivity contribution in [2.75, 3.05) is 5.32 Å². The van der Waals surface area contributed by atoms with Gasteiger partial charge < -0.3 is 15.2 Å². The number of benzene rings is 1. The summed E-state index contributed by atoms with van der Waals surface area (Å²) in [5.41, 5.74) is 0.745. The van der Waals surface area contributed by atoms with Crippen LogP contribution in [0.2, 0.25) is 5.02 Å². The van der Waals surface area contributed by atoms with E-state index in [0.717, 1.165) is 24.8 Å². The average molecular weight is 667 g/mol. The molecule has 0 radical (unpaired) electrons. The van der Waals surface area contributed by atoms with E-state index in [-0.39, 0.29) is 57.5 Å². The number of nitrogens with zero attached hydrogens (tertiary/aromatic N) is 2. The number of amides is 1. The van der Waals surface area contributed by atoms with Gasteiger partial charge in [-0.25, -0.2) is 9.37 Å². The van der Waals surface area contributed by atoms with Crippen LogP contribution in [-0.4, -0.2) is 33.3 Å². The van der Waals surface area contributed by atoms with Crippen molar-refractivity contribution in [1.82, 2.24) is 14.9 Å². The van der Waals surface area contributed by atoms with Crippen molar-refractivity contribution >= 4 is 63.1 Å². The monoisotopic (exact) mass is 664 g/mol. The fourth-order valence-corrected chi connectivity index (χ4v) is 4.70. The number of fused-ring (bicyclic) bond motifs is 1. The number of halogens is 4. The van der Waals surface area contributed by atoms with Crippen LogP contribution in [0.15, 0.2) is 24.7 Å². The van der Waals surface area contributed by atoms with Crippen LogP contribution in [0.1, 0.15) is 78.4 Å². The summed E-state index contributed by atoms with van der Waals surface area (Å²) in [5.74, 6) is 0.169. The van der Waals surface area contributed by atoms with E-state index in [9.17, 15) is 14.0 Å². The molecule has 0 spiro atoms. The highest BCUT2D eigenvalue weighted by Crippen LogP contribution is 2.29. The number of hydrogen-bond acceptors (Lipinski definition) is 4. The zero-order valence-corrected chi connectivity index (χ0v) is 26.7. The molecular weight excluding hydrogens is 627 g/mol. The highest BCUT2D eigenvalue weighted by atomic mass is 79.9. The van der Waals surface area contributed by atoms with Crippen molar-refractivity contribution < 1.29 is 14.0 Å². The summed E-state index contributed by atoms with van der Waals surface area (Å²) in [6.07, 6.45) is 7.33. The topological polar surface area (TPSA) is 76.0 Å². The van der Waals surface area contributed by atoms with E-state index in [1.165, 1.54) is 6.07 Å². The number of aromatic nitrogens is 2. The number of aryl methyl sites for hydroxylation is 1. The third-order valence-electron chi connectivity index (χ3n) is 6.76. The standard InChI is InChI=1S/C27H38ClFN4O2.2BrH/c1-7-8-22(31-19-10-9-17-11-18(28)12-21(29)20(17)13-19)25(35)32-24-15-33(16-30-24)27(5,6)14-23(34)26(2,3)4;;/h11-12,15-16,19,22,31H,7-10,13-14H2,1-6H3,(H,32,35);2*1H/t19-,22-;;/m0../s1. The van der Waals surface area contributed by atoms with Gasteiger partial charge in [0.2, 0.25) is 5.91 Å². The van der Waals surface area contributed by atoms with Gasteiger partial charge in [-0.2, -0.15) is 0 Å². The second kappa shape index (κ2) is 13.7. The Kier molecular flexibility index (Phi) is 12.5. The maximum Gasteiger partial charge on any atom is 0.242 e. The third-order valence-corrected chi connectivity index (χ3v) is 6.98. The molecule has 1 aromatic heterocycles. The minimum absolute atomic E-state index is 0. The fraction of sp³-hybridized carbons (Fsp3) is 0.593. The molecule has 6 nitrogen and oxygen atoms in total.